The van der Waals surface area contributed by atoms with Crippen molar-refractivity contribution in [3.8, 4) is 0 Å². The zero-order chi connectivity index (χ0) is 10.2. The second kappa shape index (κ2) is 6.61. The molecule has 0 bridgehead atoms. The minimum atomic E-state index is 0.210. The highest BCUT2D eigenvalue weighted by Gasteiger charge is 2.03. The molecule has 1 unspecified atom stereocenters. The summed E-state index contributed by atoms with van der Waals surface area (Å²) in [5, 5.41) is 0. The molecule has 1 aromatic rings. The van der Waals surface area contributed by atoms with Gasteiger partial charge in [0.25, 0.3) is 0 Å². The molecule has 0 fully saturated rings. The van der Waals surface area contributed by atoms with E-state index in [4.69, 9.17) is 5.73 Å². The van der Waals surface area contributed by atoms with Crippen LogP contribution in [-0.2, 0) is 0 Å². The number of unbranched alkanes of at least 4 members (excludes halogenated alkanes) is 3. The second-order valence-corrected chi connectivity index (χ2v) is 3.79. The lowest BCUT2D eigenvalue weighted by Crippen LogP contribution is -2.09. The summed E-state index contributed by atoms with van der Waals surface area (Å²) < 4.78 is 0. The molecular formula is C13H20N. The van der Waals surface area contributed by atoms with Gasteiger partial charge in [-0.15, -0.1) is 0 Å². The van der Waals surface area contributed by atoms with E-state index >= 15 is 0 Å². The van der Waals surface area contributed by atoms with E-state index in [1.54, 1.807) is 0 Å². The maximum Gasteiger partial charge on any atom is 0.0294 e. The predicted molar refractivity (Wildman–Crippen MR) is 61.0 cm³/mol. The van der Waals surface area contributed by atoms with Crippen LogP contribution in [0.3, 0.4) is 0 Å². The lowest BCUT2D eigenvalue weighted by molar-refractivity contribution is 0.566. The zero-order valence-electron chi connectivity index (χ0n) is 9.00. The van der Waals surface area contributed by atoms with Crippen molar-refractivity contribution in [2.45, 2.75) is 45.1 Å². The van der Waals surface area contributed by atoms with Crippen molar-refractivity contribution in [1.29, 1.82) is 0 Å². The van der Waals surface area contributed by atoms with E-state index in [1.807, 2.05) is 12.1 Å². The van der Waals surface area contributed by atoms with Crippen LogP contribution in [0, 0.1) is 6.07 Å². The van der Waals surface area contributed by atoms with Gasteiger partial charge in [-0.3, -0.25) is 0 Å². The largest absolute Gasteiger partial charge is 0.324 e. The molecule has 0 saturated carbocycles. The minimum Gasteiger partial charge on any atom is -0.324 e. The molecule has 0 heterocycles. The summed E-state index contributed by atoms with van der Waals surface area (Å²) in [5.74, 6) is 0. The van der Waals surface area contributed by atoms with Gasteiger partial charge < -0.3 is 5.73 Å². The summed E-state index contributed by atoms with van der Waals surface area (Å²) in [6.07, 6.45) is 6.27. The molecule has 0 aromatic heterocycles. The average Bonchev–Trinajstić information content (AvgIpc) is 2.25. The van der Waals surface area contributed by atoms with Gasteiger partial charge in [-0.05, 0) is 18.1 Å². The van der Waals surface area contributed by atoms with Gasteiger partial charge in [-0.2, -0.15) is 0 Å². The highest BCUT2D eigenvalue weighted by atomic mass is 14.6. The second-order valence-electron chi connectivity index (χ2n) is 3.79. The highest BCUT2D eigenvalue weighted by molar-refractivity contribution is 5.17. The first-order chi connectivity index (χ1) is 6.84. The number of hydrogen-bond acceptors (Lipinski definition) is 1. The monoisotopic (exact) mass is 190 g/mol. The molecule has 0 aliphatic rings. The molecule has 1 heteroatoms. The molecule has 77 valence electrons. The number of benzene rings is 1. The van der Waals surface area contributed by atoms with E-state index in [-0.39, 0.29) is 6.04 Å². The summed E-state index contributed by atoms with van der Waals surface area (Å²) in [6.45, 7) is 2.23. The van der Waals surface area contributed by atoms with Crippen LogP contribution in [0.4, 0.5) is 0 Å². The van der Waals surface area contributed by atoms with Crippen LogP contribution >= 0.6 is 0 Å². The molecule has 1 aromatic carbocycles. The molecule has 14 heavy (non-hydrogen) atoms. The van der Waals surface area contributed by atoms with Gasteiger partial charge in [0.05, 0.1) is 0 Å². The van der Waals surface area contributed by atoms with Gasteiger partial charge in [-0.1, -0.05) is 56.9 Å². The van der Waals surface area contributed by atoms with Crippen molar-refractivity contribution < 1.29 is 0 Å². The fraction of sp³-hybridized carbons (Fsp3) is 0.538. The lowest BCUT2D eigenvalue weighted by Gasteiger charge is -2.11. The van der Waals surface area contributed by atoms with Gasteiger partial charge in [0.1, 0.15) is 0 Å². The first-order valence-corrected chi connectivity index (χ1v) is 5.56. The molecule has 0 aliphatic carbocycles. The first-order valence-electron chi connectivity index (χ1n) is 5.56. The summed E-state index contributed by atoms with van der Waals surface area (Å²) in [4.78, 5) is 0. The Balaban J connectivity index is 2.25. The Bertz CT molecular complexity index is 230. The van der Waals surface area contributed by atoms with Crippen molar-refractivity contribution in [2.24, 2.45) is 5.73 Å². The van der Waals surface area contributed by atoms with Crippen molar-refractivity contribution in [3.05, 3.63) is 35.9 Å². The quantitative estimate of drug-likeness (QED) is 0.683. The van der Waals surface area contributed by atoms with Gasteiger partial charge in [0, 0.05) is 6.04 Å². The molecule has 1 nitrogen and oxygen atoms in total. The summed E-state index contributed by atoms with van der Waals surface area (Å²) in [6, 6.07) is 11.2. The van der Waals surface area contributed by atoms with E-state index in [1.165, 1.54) is 31.2 Å². The SMILES string of the molecule is CCCCCCC(N)c1cc[c]cc1. The van der Waals surface area contributed by atoms with E-state index in [9.17, 15) is 0 Å². The number of hydrogen-bond donors (Lipinski definition) is 1. The van der Waals surface area contributed by atoms with Crippen molar-refractivity contribution in [2.75, 3.05) is 0 Å². The van der Waals surface area contributed by atoms with Gasteiger partial charge in [0.2, 0.25) is 0 Å². The van der Waals surface area contributed by atoms with Gasteiger partial charge in [0.15, 0.2) is 0 Å². The van der Waals surface area contributed by atoms with Gasteiger partial charge >= 0.3 is 0 Å². The molecule has 0 saturated heterocycles. The maximum atomic E-state index is 6.06. The molecule has 2 N–H and O–H groups in total. The molecular weight excluding hydrogens is 170 g/mol. The highest BCUT2D eigenvalue weighted by Crippen LogP contribution is 2.16. The molecule has 1 rings (SSSR count). The maximum absolute atomic E-state index is 6.06. The van der Waals surface area contributed by atoms with Crippen molar-refractivity contribution in [1.82, 2.24) is 0 Å². The van der Waals surface area contributed by atoms with E-state index in [0.717, 1.165) is 6.42 Å². The molecule has 1 atom stereocenters. The van der Waals surface area contributed by atoms with Crippen LogP contribution < -0.4 is 5.73 Å². The Labute approximate surface area is 87.3 Å². The topological polar surface area (TPSA) is 26.0 Å². The summed E-state index contributed by atoms with van der Waals surface area (Å²) in [7, 11) is 0. The summed E-state index contributed by atoms with van der Waals surface area (Å²) >= 11 is 0. The van der Waals surface area contributed by atoms with Crippen LogP contribution in [0.25, 0.3) is 0 Å². The Morgan fingerprint density at radius 2 is 1.93 bits per heavy atom. The molecule has 0 amide bonds. The Kier molecular flexibility index (Phi) is 5.31. The normalized spacial score (nSPS) is 12.7. The third-order valence-electron chi connectivity index (χ3n) is 2.54. The molecule has 1 radical (unpaired) electrons. The van der Waals surface area contributed by atoms with Crippen molar-refractivity contribution in [3.63, 3.8) is 0 Å². The Hall–Kier alpha value is -0.820. The fourth-order valence-corrected chi connectivity index (χ4v) is 1.60. The summed E-state index contributed by atoms with van der Waals surface area (Å²) in [5.41, 5.74) is 7.30. The third kappa shape index (κ3) is 3.93. The minimum absolute atomic E-state index is 0.210. The molecule has 0 aliphatic heterocycles. The standard InChI is InChI=1S/C13H20N/c1-2-3-4-8-11-13(14)12-9-6-5-7-10-12/h6-7,9-10,13H,2-4,8,11,14H2,1H3. The smallest absolute Gasteiger partial charge is 0.0294 e. The van der Waals surface area contributed by atoms with E-state index in [0.29, 0.717) is 0 Å². The Morgan fingerprint density at radius 1 is 1.21 bits per heavy atom. The van der Waals surface area contributed by atoms with Gasteiger partial charge in [-0.25, -0.2) is 0 Å². The van der Waals surface area contributed by atoms with Crippen LogP contribution in [0.1, 0.15) is 50.6 Å². The predicted octanol–water partition coefficient (Wildman–Crippen LogP) is 3.46. The number of nitrogens with two attached hydrogens (primary N) is 1. The van der Waals surface area contributed by atoms with Crippen LogP contribution in [0.5, 0.6) is 0 Å². The Morgan fingerprint density at radius 3 is 2.57 bits per heavy atom. The number of rotatable bonds is 6. The van der Waals surface area contributed by atoms with E-state index < -0.39 is 0 Å². The third-order valence-corrected chi connectivity index (χ3v) is 2.54. The molecule has 0 spiro atoms. The van der Waals surface area contributed by atoms with E-state index in [2.05, 4.69) is 25.1 Å². The first kappa shape index (κ1) is 11.3. The van der Waals surface area contributed by atoms with Crippen LogP contribution in [0.15, 0.2) is 24.3 Å². The zero-order valence-corrected chi connectivity index (χ0v) is 9.00. The van der Waals surface area contributed by atoms with Crippen LogP contribution in [-0.4, -0.2) is 0 Å². The average molecular weight is 190 g/mol. The lowest BCUT2D eigenvalue weighted by atomic mass is 10.0. The van der Waals surface area contributed by atoms with Crippen LogP contribution in [0.2, 0.25) is 0 Å². The fourth-order valence-electron chi connectivity index (χ4n) is 1.60. The van der Waals surface area contributed by atoms with Crippen molar-refractivity contribution >= 4 is 0 Å².